The fourth-order valence-corrected chi connectivity index (χ4v) is 2.28. The van der Waals surface area contributed by atoms with Gasteiger partial charge in [-0.2, -0.15) is 0 Å². The van der Waals surface area contributed by atoms with Gasteiger partial charge in [0.25, 0.3) is 0 Å². The predicted molar refractivity (Wildman–Crippen MR) is 75.8 cm³/mol. The number of hydrogen-bond acceptors (Lipinski definition) is 3. The first-order chi connectivity index (χ1) is 8.69. The molecule has 1 aromatic carbocycles. The molecule has 2 rings (SSSR count). The number of hydrogen-bond donors (Lipinski definition) is 2. The molecule has 0 bridgehead atoms. The molecular weight excluding hydrogens is 294 g/mol. The maximum absolute atomic E-state index is 9.80. The molecule has 1 saturated carbocycles. The zero-order chi connectivity index (χ0) is 13.0. The minimum atomic E-state index is -0.452. The molecule has 100 valence electrons. The lowest BCUT2D eigenvalue weighted by atomic mass is 10.3. The van der Waals surface area contributed by atoms with Gasteiger partial charge in [-0.3, -0.25) is 0 Å². The summed E-state index contributed by atoms with van der Waals surface area (Å²) in [4.78, 5) is 0. The van der Waals surface area contributed by atoms with Gasteiger partial charge in [0.15, 0.2) is 0 Å². The molecule has 2 N–H and O–H groups in total. The van der Waals surface area contributed by atoms with Crippen LogP contribution in [-0.4, -0.2) is 30.4 Å². The third-order valence-electron chi connectivity index (χ3n) is 3.32. The number of benzene rings is 1. The Morgan fingerprint density at radius 3 is 2.78 bits per heavy atom. The Hall–Kier alpha value is -0.580. The molecule has 1 aliphatic carbocycles. The van der Waals surface area contributed by atoms with E-state index in [0.29, 0.717) is 19.2 Å². The van der Waals surface area contributed by atoms with E-state index in [1.54, 1.807) is 0 Å². The monoisotopic (exact) mass is 313 g/mol. The Labute approximate surface area is 117 Å². The molecule has 0 amide bonds. The van der Waals surface area contributed by atoms with Gasteiger partial charge in [0.1, 0.15) is 18.5 Å². The van der Waals surface area contributed by atoms with E-state index in [2.05, 4.69) is 28.2 Å². The summed E-state index contributed by atoms with van der Waals surface area (Å²) in [5.74, 6) is 1.60. The average Bonchev–Trinajstić information content (AvgIpc) is 3.14. The highest BCUT2D eigenvalue weighted by atomic mass is 79.9. The van der Waals surface area contributed by atoms with Crippen molar-refractivity contribution >= 4 is 15.9 Å². The van der Waals surface area contributed by atoms with E-state index in [0.717, 1.165) is 16.1 Å². The third-order valence-corrected chi connectivity index (χ3v) is 3.85. The Bertz CT molecular complexity index is 369. The van der Waals surface area contributed by atoms with Gasteiger partial charge >= 0.3 is 0 Å². The summed E-state index contributed by atoms with van der Waals surface area (Å²) >= 11 is 3.37. The van der Waals surface area contributed by atoms with Crippen LogP contribution in [0, 0.1) is 5.92 Å². The number of ether oxygens (including phenoxy) is 1. The molecule has 0 saturated heterocycles. The first-order valence-corrected chi connectivity index (χ1v) is 7.28. The first-order valence-electron chi connectivity index (χ1n) is 6.49. The molecule has 0 spiro atoms. The Balaban J connectivity index is 1.62. The molecular formula is C14H20BrNO2. The zero-order valence-electron chi connectivity index (χ0n) is 10.6. The van der Waals surface area contributed by atoms with Gasteiger partial charge < -0.3 is 15.2 Å². The van der Waals surface area contributed by atoms with Crippen LogP contribution in [0.2, 0.25) is 0 Å². The normalized spacial score (nSPS) is 23.7. The van der Waals surface area contributed by atoms with Crippen molar-refractivity contribution in [3.05, 3.63) is 28.7 Å². The topological polar surface area (TPSA) is 41.5 Å². The van der Waals surface area contributed by atoms with E-state index in [4.69, 9.17) is 4.74 Å². The van der Waals surface area contributed by atoms with Gasteiger partial charge in [-0.1, -0.05) is 29.3 Å². The van der Waals surface area contributed by atoms with Crippen LogP contribution in [0.4, 0.5) is 0 Å². The van der Waals surface area contributed by atoms with Crippen molar-refractivity contribution in [3.63, 3.8) is 0 Å². The van der Waals surface area contributed by atoms with E-state index >= 15 is 0 Å². The second-order valence-corrected chi connectivity index (χ2v) is 5.75. The Morgan fingerprint density at radius 2 is 2.17 bits per heavy atom. The maximum Gasteiger partial charge on any atom is 0.119 e. The Kier molecular flexibility index (Phi) is 5.03. The second-order valence-electron chi connectivity index (χ2n) is 4.84. The first kappa shape index (κ1) is 13.8. The third kappa shape index (κ3) is 4.26. The summed E-state index contributed by atoms with van der Waals surface area (Å²) in [5.41, 5.74) is 0. The van der Waals surface area contributed by atoms with Gasteiger partial charge in [-0.05, 0) is 36.6 Å². The summed E-state index contributed by atoms with van der Waals surface area (Å²) in [6.07, 6.45) is 2.02. The molecule has 3 nitrogen and oxygen atoms in total. The van der Waals surface area contributed by atoms with Crippen molar-refractivity contribution < 1.29 is 9.84 Å². The minimum Gasteiger partial charge on any atom is -0.491 e. The lowest BCUT2D eigenvalue weighted by Gasteiger charge is -2.13. The number of halogens is 1. The lowest BCUT2D eigenvalue weighted by molar-refractivity contribution is 0.106. The van der Waals surface area contributed by atoms with E-state index < -0.39 is 6.10 Å². The molecule has 4 heteroatoms. The molecule has 0 radical (unpaired) electrons. The number of aliphatic hydroxyl groups is 1. The standard InChI is InChI=1S/C14H20BrNO2/c1-2-10-7-14(10)16-8-12(17)9-18-13-5-3-11(15)4-6-13/h3-6,10,12,14,16-17H,2,7-9H2,1H3. The molecule has 1 fully saturated rings. The maximum atomic E-state index is 9.80. The molecule has 0 heterocycles. The highest BCUT2D eigenvalue weighted by molar-refractivity contribution is 9.10. The Morgan fingerprint density at radius 1 is 1.44 bits per heavy atom. The smallest absolute Gasteiger partial charge is 0.119 e. The van der Waals surface area contributed by atoms with Crippen LogP contribution >= 0.6 is 15.9 Å². The molecule has 3 unspecified atom stereocenters. The van der Waals surface area contributed by atoms with Gasteiger partial charge in [0, 0.05) is 17.1 Å². The van der Waals surface area contributed by atoms with Gasteiger partial charge in [-0.25, -0.2) is 0 Å². The van der Waals surface area contributed by atoms with E-state index in [9.17, 15) is 5.11 Å². The molecule has 1 aliphatic rings. The van der Waals surface area contributed by atoms with Gasteiger partial charge in [-0.15, -0.1) is 0 Å². The molecule has 0 aromatic heterocycles. The number of aliphatic hydroxyl groups excluding tert-OH is 1. The van der Waals surface area contributed by atoms with Crippen molar-refractivity contribution in [1.29, 1.82) is 0 Å². The minimum absolute atomic E-state index is 0.331. The largest absolute Gasteiger partial charge is 0.491 e. The summed E-state index contributed by atoms with van der Waals surface area (Å²) in [5, 5.41) is 13.2. The van der Waals surface area contributed by atoms with Crippen LogP contribution in [0.15, 0.2) is 28.7 Å². The SMILES string of the molecule is CCC1CC1NCC(O)COc1ccc(Br)cc1. The quantitative estimate of drug-likeness (QED) is 0.813. The van der Waals surface area contributed by atoms with Crippen LogP contribution < -0.4 is 10.1 Å². The predicted octanol–water partition coefficient (Wildman–Crippen LogP) is 2.58. The fourth-order valence-electron chi connectivity index (χ4n) is 2.02. The van der Waals surface area contributed by atoms with Crippen molar-refractivity contribution in [2.75, 3.05) is 13.2 Å². The summed E-state index contributed by atoms with van der Waals surface area (Å²) in [6, 6.07) is 8.24. The van der Waals surface area contributed by atoms with E-state index in [1.165, 1.54) is 12.8 Å². The van der Waals surface area contributed by atoms with Gasteiger partial charge in [0.05, 0.1) is 0 Å². The van der Waals surface area contributed by atoms with Crippen molar-refractivity contribution in [1.82, 2.24) is 5.32 Å². The number of nitrogens with one attached hydrogen (secondary N) is 1. The molecule has 1 aromatic rings. The zero-order valence-corrected chi connectivity index (χ0v) is 12.2. The molecule has 18 heavy (non-hydrogen) atoms. The van der Waals surface area contributed by atoms with Gasteiger partial charge in [0.2, 0.25) is 0 Å². The van der Waals surface area contributed by atoms with Crippen LogP contribution in [0.3, 0.4) is 0 Å². The average molecular weight is 314 g/mol. The summed E-state index contributed by atoms with van der Waals surface area (Å²) in [7, 11) is 0. The number of rotatable bonds is 7. The second kappa shape index (κ2) is 6.55. The van der Waals surface area contributed by atoms with Crippen molar-refractivity contribution in [2.24, 2.45) is 5.92 Å². The van der Waals surface area contributed by atoms with Crippen LogP contribution in [0.5, 0.6) is 5.75 Å². The molecule has 0 aliphatic heterocycles. The summed E-state index contributed by atoms with van der Waals surface area (Å²) < 4.78 is 6.54. The van der Waals surface area contributed by atoms with Crippen molar-refractivity contribution in [2.45, 2.75) is 31.9 Å². The fraction of sp³-hybridized carbons (Fsp3) is 0.571. The highest BCUT2D eigenvalue weighted by Gasteiger charge is 2.34. The van der Waals surface area contributed by atoms with Crippen molar-refractivity contribution in [3.8, 4) is 5.75 Å². The van der Waals surface area contributed by atoms with Crippen LogP contribution in [0.25, 0.3) is 0 Å². The van der Waals surface area contributed by atoms with Crippen LogP contribution in [-0.2, 0) is 0 Å². The summed E-state index contributed by atoms with van der Waals surface area (Å²) in [6.45, 7) is 3.15. The molecule has 3 atom stereocenters. The van der Waals surface area contributed by atoms with E-state index in [-0.39, 0.29) is 0 Å². The lowest BCUT2D eigenvalue weighted by Crippen LogP contribution is -2.33. The highest BCUT2D eigenvalue weighted by Crippen LogP contribution is 2.32. The van der Waals surface area contributed by atoms with Crippen LogP contribution in [0.1, 0.15) is 19.8 Å². The van der Waals surface area contributed by atoms with E-state index in [1.807, 2.05) is 24.3 Å².